The van der Waals surface area contributed by atoms with Gasteiger partial charge in [-0.2, -0.15) is 0 Å². The molecule has 0 bridgehead atoms. The summed E-state index contributed by atoms with van der Waals surface area (Å²) in [4.78, 5) is 18.1. The van der Waals surface area contributed by atoms with Gasteiger partial charge in [-0.3, -0.25) is 0 Å². The Hall–Kier alpha value is -1.18. The zero-order valence-corrected chi connectivity index (χ0v) is 16.5. The van der Waals surface area contributed by atoms with Gasteiger partial charge in [0.1, 0.15) is 16.2 Å². The van der Waals surface area contributed by atoms with Crippen molar-refractivity contribution in [3.8, 4) is 0 Å². The maximum atomic E-state index is 12.3. The van der Waals surface area contributed by atoms with E-state index >= 15 is 0 Å². The van der Waals surface area contributed by atoms with Crippen LogP contribution in [0.2, 0.25) is 0 Å². The molecule has 1 unspecified atom stereocenters. The fourth-order valence-corrected chi connectivity index (χ4v) is 3.09. The molecule has 1 aromatic heterocycles. The zero-order chi connectivity index (χ0) is 18.8. The third kappa shape index (κ3) is 6.03. The molecule has 0 aliphatic heterocycles. The van der Waals surface area contributed by atoms with Crippen LogP contribution in [-0.2, 0) is 15.8 Å². The van der Waals surface area contributed by atoms with Crippen LogP contribution in [0.1, 0.15) is 59.2 Å². The number of rotatable bonds is 5. The van der Waals surface area contributed by atoms with E-state index in [2.05, 4.69) is 25.8 Å². The van der Waals surface area contributed by atoms with Crippen LogP contribution in [0.4, 0.5) is 4.79 Å². The SMILES string of the molecule is CC(C)(C)OC(=O)N(CCO)CC(C)(O)c1nc(C(C)(C)C)cs1. The van der Waals surface area contributed by atoms with Crippen molar-refractivity contribution in [2.24, 2.45) is 0 Å². The number of carbonyl (C=O) groups is 1. The lowest BCUT2D eigenvalue weighted by molar-refractivity contribution is -0.0156. The van der Waals surface area contributed by atoms with E-state index in [9.17, 15) is 15.0 Å². The molecule has 7 heteroatoms. The van der Waals surface area contributed by atoms with Gasteiger partial charge in [-0.1, -0.05) is 20.8 Å². The first-order valence-electron chi connectivity index (χ1n) is 8.04. The van der Waals surface area contributed by atoms with E-state index in [-0.39, 0.29) is 25.1 Å². The van der Waals surface area contributed by atoms with Crippen molar-refractivity contribution in [2.75, 3.05) is 19.7 Å². The standard InChI is InChI=1S/C17H30N2O4S/c1-15(2,3)12-10-24-13(18-12)17(7,22)11-19(8-9-20)14(21)23-16(4,5)6/h10,20,22H,8-9,11H2,1-7H3. The molecule has 1 aromatic rings. The van der Waals surface area contributed by atoms with E-state index in [4.69, 9.17) is 4.74 Å². The fraction of sp³-hybridized carbons (Fsp3) is 0.765. The highest BCUT2D eigenvalue weighted by molar-refractivity contribution is 7.09. The molecule has 138 valence electrons. The number of thiazole rings is 1. The first-order valence-corrected chi connectivity index (χ1v) is 8.92. The van der Waals surface area contributed by atoms with Crippen molar-refractivity contribution in [3.63, 3.8) is 0 Å². The Morgan fingerprint density at radius 3 is 2.25 bits per heavy atom. The maximum absolute atomic E-state index is 12.3. The molecule has 0 radical (unpaired) electrons. The minimum absolute atomic E-state index is 0.000427. The molecule has 1 amide bonds. The molecule has 6 nitrogen and oxygen atoms in total. The number of carbonyl (C=O) groups excluding carboxylic acids is 1. The minimum Gasteiger partial charge on any atom is -0.444 e. The van der Waals surface area contributed by atoms with Crippen LogP contribution in [0.3, 0.4) is 0 Å². The van der Waals surface area contributed by atoms with Crippen LogP contribution >= 0.6 is 11.3 Å². The van der Waals surface area contributed by atoms with Crippen LogP contribution in [0.25, 0.3) is 0 Å². The first-order chi connectivity index (χ1) is 10.8. The molecule has 0 fully saturated rings. The van der Waals surface area contributed by atoms with Gasteiger partial charge in [0.15, 0.2) is 0 Å². The molecular weight excluding hydrogens is 328 g/mol. The summed E-state index contributed by atoms with van der Waals surface area (Å²) in [5.74, 6) is 0. The molecule has 1 rings (SSSR count). The van der Waals surface area contributed by atoms with E-state index < -0.39 is 17.3 Å². The predicted molar refractivity (Wildman–Crippen MR) is 95.3 cm³/mol. The highest BCUT2D eigenvalue weighted by Crippen LogP contribution is 2.30. The second-order valence-corrected chi connectivity index (χ2v) is 9.05. The molecule has 0 saturated heterocycles. The summed E-state index contributed by atoms with van der Waals surface area (Å²) in [5.41, 5.74) is -1.17. The van der Waals surface area contributed by atoms with Gasteiger partial charge in [-0.25, -0.2) is 9.78 Å². The number of aromatic nitrogens is 1. The lowest BCUT2D eigenvalue weighted by Gasteiger charge is -2.32. The number of aliphatic hydroxyl groups is 2. The van der Waals surface area contributed by atoms with Crippen LogP contribution in [-0.4, -0.2) is 51.5 Å². The van der Waals surface area contributed by atoms with Gasteiger partial charge in [0.2, 0.25) is 0 Å². The van der Waals surface area contributed by atoms with E-state index in [1.54, 1.807) is 27.7 Å². The van der Waals surface area contributed by atoms with Crippen LogP contribution in [0, 0.1) is 0 Å². The second-order valence-electron chi connectivity index (χ2n) is 8.19. The zero-order valence-electron chi connectivity index (χ0n) is 15.7. The van der Waals surface area contributed by atoms with Gasteiger partial charge in [-0.05, 0) is 27.7 Å². The van der Waals surface area contributed by atoms with Gasteiger partial charge in [-0.15, -0.1) is 11.3 Å². The van der Waals surface area contributed by atoms with Crippen molar-refractivity contribution in [3.05, 3.63) is 16.1 Å². The monoisotopic (exact) mass is 358 g/mol. The number of hydrogen-bond donors (Lipinski definition) is 2. The largest absolute Gasteiger partial charge is 0.444 e. The Bertz CT molecular complexity index is 556. The van der Waals surface area contributed by atoms with Crippen molar-refractivity contribution in [1.29, 1.82) is 0 Å². The maximum Gasteiger partial charge on any atom is 0.410 e. The topological polar surface area (TPSA) is 82.9 Å². The molecular formula is C17H30N2O4S. The third-order valence-corrected chi connectivity index (χ3v) is 4.35. The second kappa shape index (κ2) is 7.37. The number of nitrogens with zero attached hydrogens (tertiary/aromatic N) is 2. The van der Waals surface area contributed by atoms with E-state index in [1.807, 2.05) is 5.38 Å². The summed E-state index contributed by atoms with van der Waals surface area (Å²) in [7, 11) is 0. The normalized spacial score (nSPS) is 15.0. The summed E-state index contributed by atoms with van der Waals surface area (Å²) in [5, 5.41) is 22.5. The van der Waals surface area contributed by atoms with Crippen LogP contribution in [0.15, 0.2) is 5.38 Å². The van der Waals surface area contributed by atoms with Gasteiger partial charge in [0.05, 0.1) is 18.8 Å². The average Bonchev–Trinajstić information content (AvgIpc) is 2.86. The number of hydrogen-bond acceptors (Lipinski definition) is 6. The molecule has 1 atom stereocenters. The molecule has 1 heterocycles. The van der Waals surface area contributed by atoms with Crippen molar-refractivity contribution in [2.45, 2.75) is 65.1 Å². The molecule has 0 aromatic carbocycles. The average molecular weight is 359 g/mol. The molecule has 0 spiro atoms. The number of ether oxygens (including phenoxy) is 1. The van der Waals surface area contributed by atoms with Crippen LogP contribution < -0.4 is 0 Å². The summed E-state index contributed by atoms with van der Waals surface area (Å²) in [6.45, 7) is 13.0. The van der Waals surface area contributed by atoms with E-state index in [1.165, 1.54) is 16.2 Å². The summed E-state index contributed by atoms with van der Waals surface area (Å²) in [6, 6.07) is 0. The Morgan fingerprint density at radius 2 is 1.83 bits per heavy atom. The lowest BCUT2D eigenvalue weighted by atomic mass is 9.93. The molecule has 0 aliphatic rings. The summed E-state index contributed by atoms with van der Waals surface area (Å²) >= 11 is 1.37. The fourth-order valence-electron chi connectivity index (χ4n) is 1.99. The predicted octanol–water partition coefficient (Wildman–Crippen LogP) is 2.88. The van der Waals surface area contributed by atoms with Crippen molar-refractivity contribution >= 4 is 17.4 Å². The van der Waals surface area contributed by atoms with Crippen molar-refractivity contribution < 1.29 is 19.7 Å². The highest BCUT2D eigenvalue weighted by Gasteiger charge is 2.34. The molecule has 2 N–H and O–H groups in total. The van der Waals surface area contributed by atoms with Gasteiger partial charge < -0.3 is 19.8 Å². The van der Waals surface area contributed by atoms with E-state index in [0.717, 1.165) is 5.69 Å². The van der Waals surface area contributed by atoms with Gasteiger partial charge in [0, 0.05) is 17.3 Å². The number of aliphatic hydroxyl groups excluding tert-OH is 1. The highest BCUT2D eigenvalue weighted by atomic mass is 32.1. The number of amides is 1. The van der Waals surface area contributed by atoms with Gasteiger partial charge in [0.25, 0.3) is 0 Å². The Labute approximate surface area is 148 Å². The molecule has 24 heavy (non-hydrogen) atoms. The lowest BCUT2D eigenvalue weighted by Crippen LogP contribution is -2.45. The van der Waals surface area contributed by atoms with E-state index in [0.29, 0.717) is 5.01 Å². The van der Waals surface area contributed by atoms with Crippen molar-refractivity contribution in [1.82, 2.24) is 9.88 Å². The minimum atomic E-state index is -1.32. The van der Waals surface area contributed by atoms with Crippen LogP contribution in [0.5, 0.6) is 0 Å². The molecule has 0 saturated carbocycles. The molecule has 0 aliphatic carbocycles. The smallest absolute Gasteiger partial charge is 0.410 e. The Balaban J connectivity index is 2.95. The van der Waals surface area contributed by atoms with Gasteiger partial charge >= 0.3 is 6.09 Å². The first kappa shape index (κ1) is 20.9. The Morgan fingerprint density at radius 1 is 1.25 bits per heavy atom. The third-order valence-electron chi connectivity index (χ3n) is 3.25. The summed E-state index contributed by atoms with van der Waals surface area (Å²) in [6.07, 6.45) is -0.565. The Kier molecular flexibility index (Phi) is 6.41. The quantitative estimate of drug-likeness (QED) is 0.846. The summed E-state index contributed by atoms with van der Waals surface area (Å²) < 4.78 is 5.34.